The van der Waals surface area contributed by atoms with E-state index in [1.165, 1.54) is 13.0 Å². The van der Waals surface area contributed by atoms with Crippen LogP contribution in [0.1, 0.15) is 49.2 Å². The molecule has 2 amide bonds. The lowest BCUT2D eigenvalue weighted by Gasteiger charge is -2.45. The van der Waals surface area contributed by atoms with Crippen molar-refractivity contribution in [2.24, 2.45) is 5.92 Å². The quantitative estimate of drug-likeness (QED) is 0.676. The van der Waals surface area contributed by atoms with Gasteiger partial charge in [0.25, 0.3) is 5.91 Å². The smallest absolute Gasteiger partial charge is 0.251 e. The van der Waals surface area contributed by atoms with Gasteiger partial charge in [-0.25, -0.2) is 9.37 Å². The molecular formula is C22H27FN4O3. The van der Waals surface area contributed by atoms with E-state index in [-0.39, 0.29) is 43.0 Å². The molecule has 0 spiro atoms. The summed E-state index contributed by atoms with van der Waals surface area (Å²) in [6.45, 7) is 5.63. The molecule has 3 rings (SSSR count). The van der Waals surface area contributed by atoms with E-state index in [1.807, 2.05) is 13.8 Å². The van der Waals surface area contributed by atoms with Crippen LogP contribution in [0.15, 0.2) is 36.5 Å². The summed E-state index contributed by atoms with van der Waals surface area (Å²) in [5, 5.41) is 15.0. The van der Waals surface area contributed by atoms with Crippen molar-refractivity contribution in [2.75, 3.05) is 23.4 Å². The van der Waals surface area contributed by atoms with E-state index >= 15 is 0 Å². The lowest BCUT2D eigenvalue weighted by Crippen LogP contribution is -2.49. The molecule has 1 aliphatic heterocycles. The lowest BCUT2D eigenvalue weighted by molar-refractivity contribution is -0.117. The maximum atomic E-state index is 13.3. The van der Waals surface area contributed by atoms with Crippen molar-refractivity contribution in [1.29, 1.82) is 0 Å². The number of amides is 2. The van der Waals surface area contributed by atoms with Crippen LogP contribution < -0.4 is 15.5 Å². The number of carbonyl (C=O) groups is 2. The Balaban J connectivity index is 2.07. The number of benzene rings is 1. The number of hydrogen-bond donors (Lipinski definition) is 3. The molecule has 0 fully saturated rings. The van der Waals surface area contributed by atoms with E-state index in [0.717, 1.165) is 23.9 Å². The van der Waals surface area contributed by atoms with E-state index in [9.17, 15) is 14.0 Å². The van der Waals surface area contributed by atoms with Gasteiger partial charge in [-0.2, -0.15) is 0 Å². The Morgan fingerprint density at radius 1 is 1.27 bits per heavy atom. The molecule has 0 bridgehead atoms. The van der Waals surface area contributed by atoms with Gasteiger partial charge in [0, 0.05) is 36.7 Å². The highest BCUT2D eigenvalue weighted by Crippen LogP contribution is 2.43. The van der Waals surface area contributed by atoms with Gasteiger partial charge in [-0.05, 0) is 42.3 Å². The Morgan fingerprint density at radius 2 is 2.03 bits per heavy atom. The van der Waals surface area contributed by atoms with Crippen molar-refractivity contribution < 1.29 is 19.1 Å². The minimum atomic E-state index is -0.422. The van der Waals surface area contributed by atoms with Gasteiger partial charge in [0.2, 0.25) is 5.91 Å². The van der Waals surface area contributed by atoms with Crippen LogP contribution in [0.4, 0.5) is 15.9 Å². The van der Waals surface area contributed by atoms with Crippen LogP contribution in [0, 0.1) is 11.7 Å². The number of fused-ring (bicyclic) bond motifs is 1. The number of rotatable bonds is 6. The Morgan fingerprint density at radius 3 is 2.63 bits per heavy atom. The predicted octanol–water partition coefficient (Wildman–Crippen LogP) is 2.88. The predicted molar refractivity (Wildman–Crippen MR) is 113 cm³/mol. The van der Waals surface area contributed by atoms with Gasteiger partial charge in [-0.1, -0.05) is 13.8 Å². The first-order chi connectivity index (χ1) is 14.4. The Kier molecular flexibility index (Phi) is 6.66. The van der Waals surface area contributed by atoms with Gasteiger partial charge < -0.3 is 20.6 Å². The third-order valence-corrected chi connectivity index (χ3v) is 5.53. The SMILES string of the molecule is CC[C@H]1[C@H](C)[C@@H](Nc2ccc(F)cn2)c2cc(C(=O)NCCO)ccc2N1C(C)=O. The van der Waals surface area contributed by atoms with Crippen LogP contribution in [-0.4, -0.2) is 41.1 Å². The zero-order valence-electron chi connectivity index (χ0n) is 17.4. The molecule has 0 saturated heterocycles. The average Bonchev–Trinajstić information content (AvgIpc) is 2.74. The van der Waals surface area contributed by atoms with E-state index < -0.39 is 5.82 Å². The van der Waals surface area contributed by atoms with E-state index in [0.29, 0.717) is 11.4 Å². The fourth-order valence-corrected chi connectivity index (χ4v) is 4.14. The normalized spacial score (nSPS) is 20.4. The van der Waals surface area contributed by atoms with E-state index in [4.69, 9.17) is 5.11 Å². The molecule has 3 N–H and O–H groups in total. The summed E-state index contributed by atoms with van der Waals surface area (Å²) in [6, 6.07) is 7.86. The zero-order valence-corrected chi connectivity index (χ0v) is 17.4. The Hall–Kier alpha value is -3.00. The first kappa shape index (κ1) is 21.7. The monoisotopic (exact) mass is 414 g/mol. The Labute approximate surface area is 175 Å². The first-order valence-corrected chi connectivity index (χ1v) is 10.1. The molecule has 2 aromatic rings. The first-order valence-electron chi connectivity index (χ1n) is 10.1. The van der Waals surface area contributed by atoms with Crippen LogP contribution in [0.25, 0.3) is 0 Å². The number of nitrogens with one attached hydrogen (secondary N) is 2. The molecule has 1 aliphatic rings. The van der Waals surface area contributed by atoms with Crippen molar-refractivity contribution in [3.8, 4) is 0 Å². The maximum absolute atomic E-state index is 13.3. The largest absolute Gasteiger partial charge is 0.395 e. The van der Waals surface area contributed by atoms with Gasteiger partial charge in [0.05, 0.1) is 18.8 Å². The third-order valence-electron chi connectivity index (χ3n) is 5.53. The van der Waals surface area contributed by atoms with Crippen molar-refractivity contribution in [2.45, 2.75) is 39.3 Å². The summed E-state index contributed by atoms with van der Waals surface area (Å²) in [5.41, 5.74) is 1.97. The molecule has 160 valence electrons. The molecular weight excluding hydrogens is 387 g/mol. The number of nitrogens with zero attached hydrogens (tertiary/aromatic N) is 2. The summed E-state index contributed by atoms with van der Waals surface area (Å²) >= 11 is 0. The number of anilines is 2. The Bertz CT molecular complexity index is 919. The molecule has 0 saturated carbocycles. The van der Waals surface area contributed by atoms with Gasteiger partial charge in [-0.3, -0.25) is 9.59 Å². The average molecular weight is 414 g/mol. The molecule has 2 heterocycles. The van der Waals surface area contributed by atoms with Gasteiger partial charge >= 0.3 is 0 Å². The number of pyridine rings is 1. The zero-order chi connectivity index (χ0) is 21.8. The standard InChI is InChI=1S/C22H27FN4O3/c1-4-18-13(2)21(26-20-8-6-16(23)12-25-20)17-11-15(22(30)24-9-10-28)5-7-19(17)27(18)14(3)29/h5-8,11-13,18,21,28H,4,9-10H2,1-3H3,(H,24,30)(H,25,26)/t13-,18-,21+/m0/s1. The second-order valence-electron chi connectivity index (χ2n) is 7.46. The van der Waals surface area contributed by atoms with Crippen molar-refractivity contribution in [3.63, 3.8) is 0 Å². The number of carbonyl (C=O) groups excluding carboxylic acids is 2. The van der Waals surface area contributed by atoms with E-state index in [1.54, 1.807) is 29.2 Å². The second-order valence-corrected chi connectivity index (χ2v) is 7.46. The van der Waals surface area contributed by atoms with Crippen molar-refractivity contribution in [1.82, 2.24) is 10.3 Å². The maximum Gasteiger partial charge on any atom is 0.251 e. The summed E-state index contributed by atoms with van der Waals surface area (Å²) < 4.78 is 13.3. The number of aliphatic hydroxyl groups excluding tert-OH is 1. The number of hydrogen-bond acceptors (Lipinski definition) is 5. The van der Waals surface area contributed by atoms with Crippen LogP contribution >= 0.6 is 0 Å². The van der Waals surface area contributed by atoms with Gasteiger partial charge in [0.15, 0.2) is 0 Å². The molecule has 0 aliphatic carbocycles. The minimum Gasteiger partial charge on any atom is -0.395 e. The molecule has 1 aromatic carbocycles. The van der Waals surface area contributed by atoms with Crippen molar-refractivity contribution >= 4 is 23.3 Å². The minimum absolute atomic E-state index is 0.00834. The molecule has 3 atom stereocenters. The van der Waals surface area contributed by atoms with Gasteiger partial charge in [-0.15, -0.1) is 0 Å². The third kappa shape index (κ3) is 4.28. The molecule has 0 radical (unpaired) electrons. The van der Waals surface area contributed by atoms with Crippen LogP contribution in [-0.2, 0) is 4.79 Å². The summed E-state index contributed by atoms with van der Waals surface area (Å²) in [4.78, 5) is 30.8. The van der Waals surface area contributed by atoms with Crippen LogP contribution in [0.3, 0.4) is 0 Å². The molecule has 0 unspecified atom stereocenters. The number of halogens is 1. The fraction of sp³-hybridized carbons (Fsp3) is 0.409. The number of aromatic nitrogens is 1. The fourth-order valence-electron chi connectivity index (χ4n) is 4.14. The molecule has 7 nitrogen and oxygen atoms in total. The number of aliphatic hydroxyl groups is 1. The molecule has 8 heteroatoms. The summed E-state index contributed by atoms with van der Waals surface area (Å²) in [6.07, 6.45) is 1.91. The van der Waals surface area contributed by atoms with E-state index in [2.05, 4.69) is 15.6 Å². The highest BCUT2D eigenvalue weighted by atomic mass is 19.1. The highest BCUT2D eigenvalue weighted by Gasteiger charge is 2.40. The van der Waals surface area contributed by atoms with Gasteiger partial charge in [0.1, 0.15) is 11.6 Å². The van der Waals surface area contributed by atoms with Crippen molar-refractivity contribution in [3.05, 3.63) is 53.5 Å². The van der Waals surface area contributed by atoms with Crippen LogP contribution in [0.2, 0.25) is 0 Å². The molecule has 30 heavy (non-hydrogen) atoms. The summed E-state index contributed by atoms with van der Waals surface area (Å²) in [5.74, 6) is -0.264. The second kappa shape index (κ2) is 9.21. The summed E-state index contributed by atoms with van der Waals surface area (Å²) in [7, 11) is 0. The molecule has 1 aromatic heterocycles. The lowest BCUT2D eigenvalue weighted by atomic mass is 9.80. The highest BCUT2D eigenvalue weighted by molar-refractivity contribution is 5.98. The van der Waals surface area contributed by atoms with Crippen LogP contribution in [0.5, 0.6) is 0 Å². The topological polar surface area (TPSA) is 94.6 Å².